The molecule has 114 valence electrons. The molecule has 4 rings (SSSR count). The molecule has 0 saturated heterocycles. The molecule has 0 aliphatic rings. The van der Waals surface area contributed by atoms with Crippen LogP contribution in [0.5, 0.6) is 0 Å². The fraction of sp³-hybridized carbons (Fsp3) is 0.150. The zero-order valence-corrected chi connectivity index (χ0v) is 13.4. The average Bonchev–Trinajstić information content (AvgIpc) is 2.85. The molecule has 2 aromatic carbocycles. The Bertz CT molecular complexity index is 1060. The van der Waals surface area contributed by atoms with E-state index in [1.54, 1.807) is 6.07 Å². The lowest BCUT2D eigenvalue weighted by Gasteiger charge is -2.06. The first-order valence-electron chi connectivity index (χ1n) is 7.63. The molecule has 0 aliphatic heterocycles. The van der Waals surface area contributed by atoms with E-state index in [1.165, 1.54) is 17.8 Å². The molecule has 0 unspecified atom stereocenters. The van der Waals surface area contributed by atoms with E-state index in [1.807, 2.05) is 6.07 Å². The highest BCUT2D eigenvalue weighted by molar-refractivity contribution is 6.06. The van der Waals surface area contributed by atoms with Crippen LogP contribution in [0.15, 0.2) is 52.9 Å². The number of rotatable bonds is 1. The molecule has 0 aliphatic carbocycles. The summed E-state index contributed by atoms with van der Waals surface area (Å²) in [5.41, 5.74) is 6.03. The summed E-state index contributed by atoms with van der Waals surface area (Å²) >= 11 is 0. The number of nitrogens with zero attached hydrogens (tertiary/aromatic N) is 1. The zero-order valence-electron chi connectivity index (χ0n) is 13.4. The van der Waals surface area contributed by atoms with E-state index in [0.717, 1.165) is 33.2 Å². The van der Waals surface area contributed by atoms with Gasteiger partial charge in [0, 0.05) is 41.5 Å². The van der Waals surface area contributed by atoms with Crippen LogP contribution in [0.3, 0.4) is 0 Å². The molecule has 0 saturated carbocycles. The summed E-state index contributed by atoms with van der Waals surface area (Å²) in [6.45, 7) is 4.16. The minimum atomic E-state index is -0.279. The third-order valence-electron chi connectivity index (χ3n) is 4.54. The van der Waals surface area contributed by atoms with Crippen LogP contribution in [0.4, 0.5) is 4.39 Å². The van der Waals surface area contributed by atoms with Gasteiger partial charge in [-0.3, -0.25) is 0 Å². The van der Waals surface area contributed by atoms with Gasteiger partial charge in [0.05, 0.1) is 0 Å². The molecule has 0 bridgehead atoms. The van der Waals surface area contributed by atoms with Crippen molar-refractivity contribution in [1.29, 1.82) is 0 Å². The van der Waals surface area contributed by atoms with Gasteiger partial charge < -0.3 is 4.42 Å². The Morgan fingerprint density at radius 1 is 0.913 bits per heavy atom. The maximum Gasteiger partial charge on any atom is 0.212 e. The quantitative estimate of drug-likeness (QED) is 0.460. The summed E-state index contributed by atoms with van der Waals surface area (Å²) in [6, 6.07) is 15.1. The van der Waals surface area contributed by atoms with Gasteiger partial charge in [0.1, 0.15) is 24.0 Å². The Morgan fingerprint density at radius 2 is 1.70 bits per heavy atom. The van der Waals surface area contributed by atoms with Gasteiger partial charge >= 0.3 is 0 Å². The summed E-state index contributed by atoms with van der Waals surface area (Å²) in [7, 11) is 2.07. The maximum absolute atomic E-state index is 13.4. The van der Waals surface area contributed by atoms with Gasteiger partial charge in [0.25, 0.3) is 0 Å². The van der Waals surface area contributed by atoms with Crippen molar-refractivity contribution in [2.75, 3.05) is 0 Å². The molecule has 0 fully saturated rings. The zero-order chi connectivity index (χ0) is 16.1. The van der Waals surface area contributed by atoms with E-state index in [-0.39, 0.29) is 5.82 Å². The summed E-state index contributed by atoms with van der Waals surface area (Å²) in [6.07, 6.45) is 0. The van der Waals surface area contributed by atoms with E-state index >= 15 is 0 Å². The van der Waals surface area contributed by atoms with Crippen LogP contribution in [-0.4, -0.2) is 0 Å². The number of hydrogen-bond acceptors (Lipinski definition) is 1. The van der Waals surface area contributed by atoms with Gasteiger partial charge in [-0.15, -0.1) is 0 Å². The number of furan rings is 1. The molecule has 0 radical (unpaired) electrons. The Hall–Kier alpha value is -2.68. The van der Waals surface area contributed by atoms with Crippen molar-refractivity contribution in [1.82, 2.24) is 0 Å². The normalized spacial score (nSPS) is 11.5. The molecule has 2 nitrogen and oxygen atoms in total. The molecule has 0 atom stereocenters. The number of benzene rings is 2. The summed E-state index contributed by atoms with van der Waals surface area (Å²) in [4.78, 5) is 0. The van der Waals surface area contributed by atoms with Crippen molar-refractivity contribution in [2.24, 2.45) is 7.05 Å². The first kappa shape index (κ1) is 13.9. The van der Waals surface area contributed by atoms with Gasteiger partial charge in [-0.25, -0.2) is 4.39 Å². The lowest BCUT2D eigenvalue weighted by molar-refractivity contribution is -0.666. The molecule has 0 spiro atoms. The molecule has 3 heteroatoms. The monoisotopic (exact) mass is 306 g/mol. The third kappa shape index (κ3) is 2.12. The van der Waals surface area contributed by atoms with E-state index in [0.29, 0.717) is 5.58 Å². The highest BCUT2D eigenvalue weighted by Gasteiger charge is 2.17. The standard InChI is InChI=1S/C20H17FNO/c1-12-9-19-17(15-8-7-14(21)10-20(15)23-19)11-16(12)18-6-4-5-13(2)22(18)3/h4-11H,1-3H3/q+1. The van der Waals surface area contributed by atoms with Gasteiger partial charge in [-0.2, -0.15) is 4.57 Å². The maximum atomic E-state index is 13.4. The molecule has 23 heavy (non-hydrogen) atoms. The lowest BCUT2D eigenvalue weighted by atomic mass is 10.0. The van der Waals surface area contributed by atoms with Gasteiger partial charge in [-0.1, -0.05) is 0 Å². The number of fused-ring (bicyclic) bond motifs is 3. The molecule has 2 heterocycles. The highest BCUT2D eigenvalue weighted by Crippen LogP contribution is 2.34. The molecular formula is C20H17FNO+. The van der Waals surface area contributed by atoms with Crippen LogP contribution >= 0.6 is 0 Å². The van der Waals surface area contributed by atoms with Crippen molar-refractivity contribution in [3.8, 4) is 11.3 Å². The molecule has 0 amide bonds. The number of aromatic nitrogens is 1. The minimum Gasteiger partial charge on any atom is -0.456 e. The van der Waals surface area contributed by atoms with Crippen molar-refractivity contribution in [2.45, 2.75) is 13.8 Å². The Morgan fingerprint density at radius 3 is 2.52 bits per heavy atom. The Balaban J connectivity index is 2.06. The van der Waals surface area contributed by atoms with E-state index in [4.69, 9.17) is 4.42 Å². The largest absolute Gasteiger partial charge is 0.456 e. The van der Waals surface area contributed by atoms with Crippen LogP contribution < -0.4 is 4.57 Å². The fourth-order valence-electron chi connectivity index (χ4n) is 3.14. The lowest BCUT2D eigenvalue weighted by Crippen LogP contribution is -2.34. The number of pyridine rings is 1. The SMILES string of the molecule is Cc1cc2oc3cc(F)ccc3c2cc1-c1cccc(C)[n+]1C. The predicted molar refractivity (Wildman–Crippen MR) is 89.8 cm³/mol. The first-order valence-corrected chi connectivity index (χ1v) is 7.63. The van der Waals surface area contributed by atoms with Gasteiger partial charge in [0.2, 0.25) is 5.69 Å². The van der Waals surface area contributed by atoms with Crippen LogP contribution in [0.1, 0.15) is 11.3 Å². The van der Waals surface area contributed by atoms with Crippen molar-refractivity contribution in [3.05, 3.63) is 65.6 Å². The minimum absolute atomic E-state index is 0.279. The average molecular weight is 306 g/mol. The van der Waals surface area contributed by atoms with Crippen molar-refractivity contribution >= 4 is 21.9 Å². The number of aryl methyl sites for hydroxylation is 2. The number of hydrogen-bond donors (Lipinski definition) is 0. The highest BCUT2D eigenvalue weighted by atomic mass is 19.1. The van der Waals surface area contributed by atoms with E-state index in [2.05, 4.69) is 49.7 Å². The fourth-order valence-corrected chi connectivity index (χ4v) is 3.14. The van der Waals surface area contributed by atoms with Gasteiger partial charge in [0.15, 0.2) is 5.69 Å². The Kier molecular flexibility index (Phi) is 2.98. The van der Waals surface area contributed by atoms with Crippen LogP contribution in [0.25, 0.3) is 33.2 Å². The number of halogens is 1. The van der Waals surface area contributed by atoms with Crippen LogP contribution in [0, 0.1) is 19.7 Å². The van der Waals surface area contributed by atoms with Crippen LogP contribution in [0.2, 0.25) is 0 Å². The molecular weight excluding hydrogens is 289 g/mol. The second-order valence-electron chi connectivity index (χ2n) is 6.02. The summed E-state index contributed by atoms with van der Waals surface area (Å²) < 4.78 is 21.4. The van der Waals surface area contributed by atoms with E-state index in [9.17, 15) is 4.39 Å². The van der Waals surface area contributed by atoms with Crippen molar-refractivity contribution in [3.63, 3.8) is 0 Å². The molecule has 0 N–H and O–H groups in total. The second-order valence-corrected chi connectivity index (χ2v) is 6.02. The van der Waals surface area contributed by atoms with Crippen molar-refractivity contribution < 1.29 is 13.4 Å². The molecule has 2 aromatic heterocycles. The smallest absolute Gasteiger partial charge is 0.212 e. The summed E-state index contributed by atoms with van der Waals surface area (Å²) in [5.74, 6) is -0.279. The second kappa shape index (κ2) is 4.92. The third-order valence-corrected chi connectivity index (χ3v) is 4.54. The summed E-state index contributed by atoms with van der Waals surface area (Å²) in [5, 5.41) is 1.96. The van der Waals surface area contributed by atoms with Crippen LogP contribution in [-0.2, 0) is 7.05 Å². The van der Waals surface area contributed by atoms with Gasteiger partial charge in [-0.05, 0) is 42.8 Å². The van der Waals surface area contributed by atoms with E-state index < -0.39 is 0 Å². The molecule has 4 aromatic rings. The Labute approximate surface area is 133 Å². The predicted octanol–water partition coefficient (Wildman–Crippen LogP) is 4.83. The topological polar surface area (TPSA) is 17.0 Å². The first-order chi connectivity index (χ1) is 11.0.